The highest BCUT2D eigenvalue weighted by Crippen LogP contribution is 2.11. The predicted molar refractivity (Wildman–Crippen MR) is 84.1 cm³/mol. The summed E-state index contributed by atoms with van der Waals surface area (Å²) in [5.41, 5.74) is 0. The summed E-state index contributed by atoms with van der Waals surface area (Å²) in [5.74, 6) is 0. The molecule has 3 nitrogen and oxygen atoms in total. The van der Waals surface area contributed by atoms with Crippen LogP contribution in [0.25, 0.3) is 10.8 Å². The van der Waals surface area contributed by atoms with Crippen LogP contribution in [0.1, 0.15) is 27.7 Å². The van der Waals surface area contributed by atoms with Gasteiger partial charge in [-0.05, 0) is 10.8 Å². The molecule has 19 heavy (non-hydrogen) atoms. The molecule has 0 unspecified atom stereocenters. The van der Waals surface area contributed by atoms with E-state index in [1.807, 2.05) is 27.7 Å². The van der Waals surface area contributed by atoms with Gasteiger partial charge in [0.2, 0.25) is 0 Å². The second-order valence-corrected chi connectivity index (χ2v) is 4.55. The smallest absolute Gasteiger partial charge is 0.261 e. The van der Waals surface area contributed by atoms with Gasteiger partial charge in [0.25, 0.3) is 10.1 Å². The van der Waals surface area contributed by atoms with Crippen molar-refractivity contribution >= 4 is 20.9 Å². The largest absolute Gasteiger partial charge is 0.286 e. The lowest BCUT2D eigenvalue weighted by atomic mass is 10.1. The molecular formula is C15H24O3S. The summed E-state index contributed by atoms with van der Waals surface area (Å²) in [5, 5.41) is 2.62. The molecule has 4 heteroatoms. The zero-order chi connectivity index (χ0) is 15.3. The molecule has 2 rings (SSSR count). The average molecular weight is 284 g/mol. The lowest BCUT2D eigenvalue weighted by molar-refractivity contribution is 0.490. The highest BCUT2D eigenvalue weighted by Gasteiger charge is 1.85. The van der Waals surface area contributed by atoms with Crippen LogP contribution in [0.5, 0.6) is 0 Å². The summed E-state index contributed by atoms with van der Waals surface area (Å²) in [6.45, 7) is 8.00. The normalized spacial score (nSPS) is 8.95. The van der Waals surface area contributed by atoms with Crippen LogP contribution < -0.4 is 0 Å². The third-order valence-electron chi connectivity index (χ3n) is 1.66. The topological polar surface area (TPSA) is 54.4 Å². The van der Waals surface area contributed by atoms with E-state index in [9.17, 15) is 8.42 Å². The first-order valence-corrected chi connectivity index (χ1v) is 8.18. The Hall–Kier alpha value is -1.39. The van der Waals surface area contributed by atoms with Gasteiger partial charge in [0.05, 0.1) is 6.26 Å². The zero-order valence-electron chi connectivity index (χ0n) is 12.3. The minimum Gasteiger partial charge on any atom is -0.286 e. The highest BCUT2D eigenvalue weighted by molar-refractivity contribution is 7.85. The fourth-order valence-electron chi connectivity index (χ4n) is 1.13. The number of hydrogen-bond acceptors (Lipinski definition) is 2. The first-order valence-electron chi connectivity index (χ1n) is 6.33. The third kappa shape index (κ3) is 12.9. The van der Waals surface area contributed by atoms with Gasteiger partial charge in [0.15, 0.2) is 0 Å². The second kappa shape index (κ2) is 11.7. The van der Waals surface area contributed by atoms with E-state index < -0.39 is 10.1 Å². The van der Waals surface area contributed by atoms with Crippen molar-refractivity contribution in [3.05, 3.63) is 48.5 Å². The highest BCUT2D eigenvalue weighted by atomic mass is 32.2. The van der Waals surface area contributed by atoms with Gasteiger partial charge < -0.3 is 0 Å². The molecule has 0 radical (unpaired) electrons. The maximum Gasteiger partial charge on any atom is 0.261 e. The van der Waals surface area contributed by atoms with Gasteiger partial charge in [0, 0.05) is 0 Å². The van der Waals surface area contributed by atoms with E-state index in [4.69, 9.17) is 4.55 Å². The Bertz CT molecular complexity index is 460. The fourth-order valence-corrected chi connectivity index (χ4v) is 1.13. The van der Waals surface area contributed by atoms with Gasteiger partial charge in [-0.15, -0.1) is 0 Å². The lowest BCUT2D eigenvalue weighted by Gasteiger charge is -1.92. The Morgan fingerprint density at radius 2 is 0.895 bits per heavy atom. The molecule has 0 saturated carbocycles. The first kappa shape index (κ1) is 19.9. The van der Waals surface area contributed by atoms with Crippen LogP contribution in [0.3, 0.4) is 0 Å². The fraction of sp³-hybridized carbons (Fsp3) is 0.333. The van der Waals surface area contributed by atoms with Crippen LogP contribution in [0.2, 0.25) is 0 Å². The van der Waals surface area contributed by atoms with Crippen molar-refractivity contribution in [2.75, 3.05) is 6.26 Å². The number of fused-ring (bicyclic) bond motifs is 1. The average Bonchev–Trinajstić information content (AvgIpc) is 2.42. The van der Waals surface area contributed by atoms with Gasteiger partial charge >= 0.3 is 0 Å². The molecule has 0 saturated heterocycles. The van der Waals surface area contributed by atoms with E-state index in [0.717, 1.165) is 0 Å². The van der Waals surface area contributed by atoms with E-state index in [0.29, 0.717) is 6.26 Å². The third-order valence-corrected chi connectivity index (χ3v) is 1.66. The summed E-state index contributed by atoms with van der Waals surface area (Å²) in [4.78, 5) is 0. The van der Waals surface area contributed by atoms with Crippen LogP contribution in [-0.4, -0.2) is 19.2 Å². The van der Waals surface area contributed by atoms with Gasteiger partial charge in [-0.3, -0.25) is 4.55 Å². The molecule has 2 aromatic rings. The van der Waals surface area contributed by atoms with E-state index in [2.05, 4.69) is 48.5 Å². The molecular weight excluding hydrogens is 260 g/mol. The van der Waals surface area contributed by atoms with E-state index in [1.54, 1.807) is 0 Å². The molecule has 0 aliphatic heterocycles. The lowest BCUT2D eigenvalue weighted by Crippen LogP contribution is -1.88. The molecule has 1 N–H and O–H groups in total. The summed E-state index contributed by atoms with van der Waals surface area (Å²) in [6.07, 6.45) is 0.715. The van der Waals surface area contributed by atoms with Crippen molar-refractivity contribution in [3.63, 3.8) is 0 Å². The zero-order valence-corrected chi connectivity index (χ0v) is 13.1. The monoisotopic (exact) mass is 284 g/mol. The minimum absolute atomic E-state index is 0.715. The quantitative estimate of drug-likeness (QED) is 0.730. The van der Waals surface area contributed by atoms with Crippen LogP contribution in [0, 0.1) is 0 Å². The minimum atomic E-state index is -3.67. The molecule has 0 atom stereocenters. The molecule has 0 spiro atoms. The molecule has 0 fully saturated rings. The van der Waals surface area contributed by atoms with Gasteiger partial charge in [-0.25, -0.2) is 0 Å². The Balaban J connectivity index is 0. The van der Waals surface area contributed by atoms with Gasteiger partial charge in [-0.2, -0.15) is 8.42 Å². The van der Waals surface area contributed by atoms with Crippen molar-refractivity contribution in [1.29, 1.82) is 0 Å². The van der Waals surface area contributed by atoms with Crippen LogP contribution in [0.15, 0.2) is 48.5 Å². The van der Waals surface area contributed by atoms with Gasteiger partial charge in [-0.1, -0.05) is 76.2 Å². The summed E-state index contributed by atoms with van der Waals surface area (Å²) in [7, 11) is -3.67. The van der Waals surface area contributed by atoms with Crippen molar-refractivity contribution in [2.45, 2.75) is 27.7 Å². The molecule has 2 aromatic carbocycles. The van der Waals surface area contributed by atoms with Crippen LogP contribution >= 0.6 is 0 Å². The van der Waals surface area contributed by atoms with Crippen molar-refractivity contribution in [3.8, 4) is 0 Å². The summed E-state index contributed by atoms with van der Waals surface area (Å²) < 4.78 is 25.9. The standard InChI is InChI=1S/C10H8.2C2H6.CH4O3S/c1-2-6-10-8-4-3-7-9(10)5-1;2*1-2;1-5(2,3)4/h1-8H;2*1-2H3;1H3,(H,2,3,4). The number of hydrogen-bond donors (Lipinski definition) is 1. The van der Waals surface area contributed by atoms with Crippen LogP contribution in [0.4, 0.5) is 0 Å². The maximum atomic E-state index is 9.19. The Labute approximate surface area is 117 Å². The maximum absolute atomic E-state index is 9.19. The molecule has 0 heterocycles. The SMILES string of the molecule is CC.CC.CS(=O)(=O)O.c1ccc2ccccc2c1. The Morgan fingerprint density at radius 3 is 1.05 bits per heavy atom. The van der Waals surface area contributed by atoms with E-state index in [1.165, 1.54) is 10.8 Å². The number of benzene rings is 2. The Kier molecular flexibility index (Phi) is 12.3. The van der Waals surface area contributed by atoms with Gasteiger partial charge in [0.1, 0.15) is 0 Å². The predicted octanol–water partition coefficient (Wildman–Crippen LogP) is 4.40. The van der Waals surface area contributed by atoms with Crippen molar-refractivity contribution < 1.29 is 13.0 Å². The molecule has 0 bridgehead atoms. The van der Waals surface area contributed by atoms with E-state index >= 15 is 0 Å². The molecule has 0 aromatic heterocycles. The second-order valence-electron chi connectivity index (χ2n) is 3.08. The molecule has 0 aliphatic rings. The number of rotatable bonds is 0. The summed E-state index contributed by atoms with van der Waals surface area (Å²) >= 11 is 0. The Morgan fingerprint density at radius 1 is 0.737 bits per heavy atom. The van der Waals surface area contributed by atoms with Crippen LogP contribution in [-0.2, 0) is 10.1 Å². The van der Waals surface area contributed by atoms with Crippen molar-refractivity contribution in [2.24, 2.45) is 0 Å². The summed E-state index contributed by atoms with van der Waals surface area (Å²) in [6, 6.07) is 16.7. The first-order chi connectivity index (χ1) is 8.97. The molecule has 108 valence electrons. The molecule has 0 amide bonds. The van der Waals surface area contributed by atoms with E-state index in [-0.39, 0.29) is 0 Å². The molecule has 0 aliphatic carbocycles. The van der Waals surface area contributed by atoms with Crippen molar-refractivity contribution in [1.82, 2.24) is 0 Å².